The zero-order valence-electron chi connectivity index (χ0n) is 22.4. The molecule has 208 valence electrons. The molecule has 0 spiro atoms. The predicted molar refractivity (Wildman–Crippen MR) is 147 cm³/mol. The van der Waals surface area contributed by atoms with E-state index in [9.17, 15) is 23.5 Å². The molecule has 1 fully saturated rings. The summed E-state index contributed by atoms with van der Waals surface area (Å²) >= 11 is 0. The number of aryl methyl sites for hydroxylation is 1. The smallest absolute Gasteiger partial charge is 0.335 e. The summed E-state index contributed by atoms with van der Waals surface area (Å²) in [5.41, 5.74) is 2.50. The second-order valence-electron chi connectivity index (χ2n) is 10.3. The SMILES string of the molecule is COC(c1ccccc1)c1nc2cc(F)c(F)cc2n1[C@@H](C(=O)Nc1ccc(C(=O)O)cc1C)C1CCCCC1. The van der Waals surface area contributed by atoms with E-state index < -0.39 is 29.7 Å². The van der Waals surface area contributed by atoms with Crippen LogP contribution in [-0.2, 0) is 9.53 Å². The molecule has 1 saturated carbocycles. The maximum absolute atomic E-state index is 14.7. The van der Waals surface area contributed by atoms with Gasteiger partial charge in [-0.25, -0.2) is 18.6 Å². The van der Waals surface area contributed by atoms with Crippen LogP contribution in [0.1, 0.15) is 71.6 Å². The molecular formula is C31H31F2N3O4. The molecule has 3 aromatic carbocycles. The van der Waals surface area contributed by atoms with Crippen molar-refractivity contribution in [3.63, 3.8) is 0 Å². The minimum absolute atomic E-state index is 0.0927. The number of fused-ring (bicyclic) bond motifs is 1. The van der Waals surface area contributed by atoms with Crippen LogP contribution in [-0.4, -0.2) is 33.6 Å². The zero-order valence-corrected chi connectivity index (χ0v) is 22.4. The fourth-order valence-corrected chi connectivity index (χ4v) is 5.74. The highest BCUT2D eigenvalue weighted by Gasteiger charge is 2.36. The summed E-state index contributed by atoms with van der Waals surface area (Å²) in [7, 11) is 1.53. The van der Waals surface area contributed by atoms with Gasteiger partial charge in [-0.3, -0.25) is 4.79 Å². The number of carbonyl (C=O) groups is 2. The molecule has 0 saturated heterocycles. The molecule has 0 radical (unpaired) electrons. The van der Waals surface area contributed by atoms with E-state index in [4.69, 9.17) is 9.72 Å². The van der Waals surface area contributed by atoms with E-state index in [-0.39, 0.29) is 22.9 Å². The molecule has 1 aliphatic carbocycles. The highest BCUT2D eigenvalue weighted by Crippen LogP contribution is 2.40. The van der Waals surface area contributed by atoms with Gasteiger partial charge in [0.15, 0.2) is 11.6 Å². The van der Waals surface area contributed by atoms with Crippen LogP contribution in [0, 0.1) is 24.5 Å². The third kappa shape index (κ3) is 5.34. The normalized spacial score (nSPS) is 15.6. The van der Waals surface area contributed by atoms with E-state index in [2.05, 4.69) is 5.32 Å². The molecule has 40 heavy (non-hydrogen) atoms. The Morgan fingerprint density at radius 1 is 1.02 bits per heavy atom. The number of nitrogens with one attached hydrogen (secondary N) is 1. The Labute approximate surface area is 230 Å². The van der Waals surface area contributed by atoms with Crippen molar-refractivity contribution in [1.29, 1.82) is 0 Å². The van der Waals surface area contributed by atoms with Crippen molar-refractivity contribution < 1.29 is 28.2 Å². The van der Waals surface area contributed by atoms with E-state index in [0.29, 0.717) is 22.6 Å². The number of amides is 1. The molecule has 1 aliphatic rings. The van der Waals surface area contributed by atoms with Gasteiger partial charge in [-0.15, -0.1) is 0 Å². The van der Waals surface area contributed by atoms with Crippen molar-refractivity contribution in [3.8, 4) is 0 Å². The largest absolute Gasteiger partial charge is 0.478 e. The van der Waals surface area contributed by atoms with Gasteiger partial charge in [0.1, 0.15) is 18.0 Å². The Morgan fingerprint density at radius 3 is 2.38 bits per heavy atom. The number of rotatable bonds is 8. The molecule has 5 rings (SSSR count). The topological polar surface area (TPSA) is 93.5 Å². The number of ether oxygens (including phenoxy) is 1. The van der Waals surface area contributed by atoms with Crippen molar-refractivity contribution >= 4 is 28.6 Å². The number of imidazole rings is 1. The molecule has 2 atom stereocenters. The first kappa shape index (κ1) is 27.5. The highest BCUT2D eigenvalue weighted by atomic mass is 19.2. The van der Waals surface area contributed by atoms with E-state index in [1.54, 1.807) is 17.6 Å². The number of nitrogens with zero attached hydrogens (tertiary/aromatic N) is 2. The summed E-state index contributed by atoms with van der Waals surface area (Å²) in [6, 6.07) is 15.2. The lowest BCUT2D eigenvalue weighted by Crippen LogP contribution is -2.35. The average Bonchev–Trinajstić information content (AvgIpc) is 3.28. The van der Waals surface area contributed by atoms with Crippen LogP contribution < -0.4 is 5.32 Å². The molecule has 1 unspecified atom stereocenters. The minimum Gasteiger partial charge on any atom is -0.478 e. The minimum atomic E-state index is -1.06. The Hall–Kier alpha value is -4.11. The summed E-state index contributed by atoms with van der Waals surface area (Å²) in [5.74, 6) is -3.17. The number of carboxylic acids is 1. The number of halogens is 2. The highest BCUT2D eigenvalue weighted by molar-refractivity contribution is 5.97. The Bertz CT molecular complexity index is 1550. The monoisotopic (exact) mass is 547 g/mol. The van der Waals surface area contributed by atoms with Crippen molar-refractivity contribution in [1.82, 2.24) is 9.55 Å². The molecule has 1 heterocycles. The van der Waals surface area contributed by atoms with Gasteiger partial charge in [0.05, 0.1) is 16.6 Å². The Balaban J connectivity index is 1.68. The molecule has 9 heteroatoms. The molecule has 1 amide bonds. The first-order chi connectivity index (χ1) is 19.3. The molecule has 7 nitrogen and oxygen atoms in total. The number of methoxy groups -OCH3 is 1. The quantitative estimate of drug-likeness (QED) is 0.253. The van der Waals surface area contributed by atoms with Gasteiger partial charge in [-0.1, -0.05) is 49.6 Å². The van der Waals surface area contributed by atoms with Crippen LogP contribution in [0.15, 0.2) is 60.7 Å². The number of aromatic nitrogens is 2. The van der Waals surface area contributed by atoms with E-state index in [0.717, 1.165) is 49.8 Å². The van der Waals surface area contributed by atoms with Crippen LogP contribution in [0.25, 0.3) is 11.0 Å². The summed E-state index contributed by atoms with van der Waals surface area (Å²) in [6.45, 7) is 1.73. The van der Waals surface area contributed by atoms with Gasteiger partial charge in [0.25, 0.3) is 0 Å². The first-order valence-corrected chi connectivity index (χ1v) is 13.4. The molecule has 0 aliphatic heterocycles. The Kier molecular flexibility index (Phi) is 7.93. The first-order valence-electron chi connectivity index (χ1n) is 13.4. The number of carboxylic acid groups (broad SMARTS) is 1. The Morgan fingerprint density at radius 2 is 1.73 bits per heavy atom. The number of hydrogen-bond acceptors (Lipinski definition) is 4. The van der Waals surface area contributed by atoms with Crippen LogP contribution >= 0.6 is 0 Å². The number of hydrogen-bond donors (Lipinski definition) is 2. The summed E-state index contributed by atoms with van der Waals surface area (Å²) < 4.78 is 36.6. The fourth-order valence-electron chi connectivity index (χ4n) is 5.74. The molecular weight excluding hydrogens is 516 g/mol. The van der Waals surface area contributed by atoms with Crippen molar-refractivity contribution in [3.05, 3.63) is 94.8 Å². The van der Waals surface area contributed by atoms with Crippen LogP contribution in [0.5, 0.6) is 0 Å². The lowest BCUT2D eigenvalue weighted by atomic mass is 9.83. The van der Waals surface area contributed by atoms with Crippen LogP contribution in [0.3, 0.4) is 0 Å². The maximum atomic E-state index is 14.7. The van der Waals surface area contributed by atoms with Gasteiger partial charge in [-0.2, -0.15) is 0 Å². The number of aromatic carboxylic acids is 1. The summed E-state index contributed by atoms with van der Waals surface area (Å²) in [4.78, 5) is 30.3. The molecule has 1 aromatic heterocycles. The van der Waals surface area contributed by atoms with Gasteiger partial charge < -0.3 is 19.7 Å². The molecule has 2 N–H and O–H groups in total. The average molecular weight is 548 g/mol. The molecule has 0 bridgehead atoms. The second-order valence-corrected chi connectivity index (χ2v) is 10.3. The van der Waals surface area contributed by atoms with Gasteiger partial charge in [0, 0.05) is 24.9 Å². The molecule has 4 aromatic rings. The lowest BCUT2D eigenvalue weighted by Gasteiger charge is -2.33. The standard InChI is InChI=1S/C31H31F2N3O4/c1-18-15-21(31(38)39)13-14-24(18)35-30(37)27(19-9-5-3-6-10-19)36-26-17-23(33)22(32)16-25(26)34-29(36)28(40-2)20-11-7-4-8-12-20/h4,7-8,11-17,19,27-28H,3,5-6,9-10H2,1-2H3,(H,35,37)(H,38,39)/t27-,28?/m1/s1. The van der Waals surface area contributed by atoms with Crippen molar-refractivity contribution in [2.75, 3.05) is 12.4 Å². The van der Waals surface area contributed by atoms with Gasteiger partial charge in [-0.05, 0) is 55.0 Å². The van der Waals surface area contributed by atoms with E-state index in [1.165, 1.54) is 19.2 Å². The van der Waals surface area contributed by atoms with E-state index >= 15 is 0 Å². The number of carbonyl (C=O) groups excluding carboxylic acids is 1. The lowest BCUT2D eigenvalue weighted by molar-refractivity contribution is -0.121. The summed E-state index contributed by atoms with van der Waals surface area (Å²) in [6.07, 6.45) is 3.80. The third-order valence-corrected chi connectivity index (χ3v) is 7.71. The van der Waals surface area contributed by atoms with Crippen molar-refractivity contribution in [2.24, 2.45) is 5.92 Å². The van der Waals surface area contributed by atoms with Gasteiger partial charge in [0.2, 0.25) is 5.91 Å². The number of benzene rings is 3. The number of anilines is 1. The predicted octanol–water partition coefficient (Wildman–Crippen LogP) is 6.82. The van der Waals surface area contributed by atoms with Crippen LogP contribution in [0.2, 0.25) is 0 Å². The van der Waals surface area contributed by atoms with Crippen molar-refractivity contribution in [2.45, 2.75) is 51.2 Å². The maximum Gasteiger partial charge on any atom is 0.335 e. The van der Waals surface area contributed by atoms with E-state index in [1.807, 2.05) is 30.3 Å². The summed E-state index contributed by atoms with van der Waals surface area (Å²) in [5, 5.41) is 12.3. The second kappa shape index (κ2) is 11.6. The van der Waals surface area contributed by atoms with Crippen LogP contribution in [0.4, 0.5) is 14.5 Å². The fraction of sp³-hybridized carbons (Fsp3) is 0.323. The van der Waals surface area contributed by atoms with Gasteiger partial charge >= 0.3 is 5.97 Å². The third-order valence-electron chi connectivity index (χ3n) is 7.71. The zero-order chi connectivity index (χ0) is 28.4.